The maximum absolute atomic E-state index is 9.64. The molecule has 2 aliphatic rings. The van der Waals surface area contributed by atoms with Crippen molar-refractivity contribution in [2.45, 2.75) is 225 Å². The Morgan fingerprint density at radius 1 is 0.202 bits per heavy atom. The van der Waals surface area contributed by atoms with Crippen molar-refractivity contribution in [1.29, 1.82) is 0 Å². The molecule has 8 N–H and O–H groups in total. The molecular formula is C64H104MgN8O8S8. The number of aromatic nitrogens is 8. The van der Waals surface area contributed by atoms with E-state index >= 15 is 0 Å². The third kappa shape index (κ3) is 31.1. The van der Waals surface area contributed by atoms with Crippen molar-refractivity contribution in [1.82, 2.24) is 39.9 Å². The van der Waals surface area contributed by atoms with E-state index in [4.69, 9.17) is 39.9 Å². The Bertz CT molecular complexity index is 2270. The predicted octanol–water partition coefficient (Wildman–Crippen LogP) is 14.1. The second-order valence-electron chi connectivity index (χ2n) is 22.0. The average molecular weight is 1390 g/mol. The van der Waals surface area contributed by atoms with Crippen LogP contribution in [-0.2, 0) is 0 Å². The van der Waals surface area contributed by atoms with Gasteiger partial charge in [0.15, 0.2) is 0 Å². The maximum Gasteiger partial charge on any atom is 2.00 e. The molecule has 0 aliphatic carbocycles. The summed E-state index contributed by atoms with van der Waals surface area (Å²) in [5, 5.41) is 77.1. The van der Waals surface area contributed by atoms with Gasteiger partial charge >= 0.3 is 23.1 Å². The fourth-order valence-corrected chi connectivity index (χ4v) is 19.0. The first-order valence-corrected chi connectivity index (χ1v) is 40.9. The molecule has 3 aromatic heterocycles. The second kappa shape index (κ2) is 52.7. The van der Waals surface area contributed by atoms with Crippen LogP contribution >= 0.6 is 94.1 Å². The summed E-state index contributed by atoms with van der Waals surface area (Å²) in [6, 6.07) is 0. The topological polar surface area (TPSA) is 267 Å². The van der Waals surface area contributed by atoms with Crippen molar-refractivity contribution in [3.05, 3.63) is 23.3 Å². The number of hydrogen-bond donors (Lipinski definition) is 8. The quantitative estimate of drug-likeness (QED) is 0.0148. The van der Waals surface area contributed by atoms with Crippen LogP contribution in [0.15, 0.2) is 19.6 Å². The molecule has 498 valence electrons. The summed E-state index contributed by atoms with van der Waals surface area (Å²) >= 11 is 14.1. The van der Waals surface area contributed by atoms with E-state index in [-0.39, 0.29) is 75.9 Å². The Morgan fingerprint density at radius 3 is 0.528 bits per heavy atom. The first-order chi connectivity index (χ1) is 43.5. The van der Waals surface area contributed by atoms with Crippen molar-refractivity contribution < 1.29 is 40.9 Å². The molecule has 0 spiro atoms. The Balaban J connectivity index is 0.0000169. The number of aliphatic hydroxyl groups is 8. The molecule has 0 atom stereocenters. The third-order valence-electron chi connectivity index (χ3n) is 14.5. The van der Waals surface area contributed by atoms with Crippen LogP contribution in [0, 0.1) is 0 Å². The number of thioether (sulfide) groups is 8. The van der Waals surface area contributed by atoms with Gasteiger partial charge in [-0.15, -0.1) is 94.1 Å². The third-order valence-corrected chi connectivity index (χ3v) is 24.4. The summed E-state index contributed by atoms with van der Waals surface area (Å²) in [6.45, 7) is 1.46. The number of rotatable bonds is 56. The van der Waals surface area contributed by atoms with E-state index in [1.165, 1.54) is 0 Å². The van der Waals surface area contributed by atoms with Gasteiger partial charge in [0, 0.05) is 95.0 Å². The zero-order valence-electron chi connectivity index (χ0n) is 53.1. The molecule has 5 heterocycles. The van der Waals surface area contributed by atoms with Crippen LogP contribution < -0.4 is 9.97 Å². The Morgan fingerprint density at radius 2 is 0.360 bits per heavy atom. The summed E-state index contributed by atoms with van der Waals surface area (Å²) in [4.78, 5) is 52.1. The molecule has 3 aromatic rings. The minimum Gasteiger partial charge on any atom is -0.396 e. The van der Waals surface area contributed by atoms with Gasteiger partial charge in [-0.25, -0.2) is 9.97 Å². The van der Waals surface area contributed by atoms with E-state index in [1.807, 2.05) is 0 Å². The van der Waals surface area contributed by atoms with E-state index in [2.05, 4.69) is 0 Å². The molecule has 0 saturated heterocycles. The molecule has 0 aromatic carbocycles. The van der Waals surface area contributed by atoms with Crippen LogP contribution in [-0.4, -0.2) is 193 Å². The van der Waals surface area contributed by atoms with E-state index < -0.39 is 0 Å². The Hall–Kier alpha value is -0.434. The van der Waals surface area contributed by atoms with Crippen molar-refractivity contribution in [2.75, 3.05) is 98.9 Å². The zero-order chi connectivity index (χ0) is 62.5. The number of aliphatic hydroxyl groups excluding tert-OH is 8. The van der Waals surface area contributed by atoms with Gasteiger partial charge in [-0.3, -0.25) is 0 Å². The van der Waals surface area contributed by atoms with Gasteiger partial charge in [0.05, 0.1) is 42.9 Å². The number of hydrogen-bond acceptors (Lipinski definition) is 22. The van der Waals surface area contributed by atoms with Crippen molar-refractivity contribution in [2.24, 2.45) is 0 Å². The van der Waals surface area contributed by atoms with E-state index in [0.29, 0.717) is 45.9 Å². The van der Waals surface area contributed by atoms with Crippen molar-refractivity contribution >= 4 is 159 Å². The standard InChI is InChI=1S/C64H104N8O8S8.Mg/c73-33-17-1-9-25-41-81-49-50(82-42-26-10-2-18-34-74)58-65-57(49)69-59-51(83-43-27-11-3-19-35-75)52(84-44-28-12-4-20-36-76)61(66-59)71-63-55(87-47-31-15-7-23-39-79)56(88-48-32-16-8-24-40-80)64(68-63)72-62-54(86-46-30-14-6-22-38-78)53(60(67-62)70-58)85-45-29-13-5-21-37-77;/h73-80H,1-48H2;/q-2;+2. The Labute approximate surface area is 582 Å². The van der Waals surface area contributed by atoms with E-state index in [1.54, 1.807) is 94.1 Å². The molecule has 0 saturated carbocycles. The molecule has 0 unspecified atom stereocenters. The largest absolute Gasteiger partial charge is 2.00 e. The number of nitrogens with zero attached hydrogens (tertiary/aromatic N) is 8. The van der Waals surface area contributed by atoms with Gasteiger partial charge < -0.3 is 70.8 Å². The van der Waals surface area contributed by atoms with Gasteiger partial charge in [0.25, 0.3) is 0 Å². The molecule has 0 fully saturated rings. The van der Waals surface area contributed by atoms with Gasteiger partial charge in [-0.05, 0) is 149 Å². The van der Waals surface area contributed by atoms with Crippen LogP contribution in [0.2, 0.25) is 0 Å². The predicted molar refractivity (Wildman–Crippen MR) is 387 cm³/mol. The first kappa shape index (κ1) is 81.0. The monoisotopic (exact) mass is 1390 g/mol. The van der Waals surface area contributed by atoms with Crippen LogP contribution in [0.1, 0.15) is 229 Å². The van der Waals surface area contributed by atoms with Gasteiger partial charge in [0.1, 0.15) is 0 Å². The molecule has 25 heteroatoms. The average Bonchev–Trinajstić information content (AvgIpc) is 2.01. The van der Waals surface area contributed by atoms with Crippen LogP contribution in [0.3, 0.4) is 0 Å². The minimum absolute atomic E-state index is 0. The molecule has 0 radical (unpaired) electrons. The summed E-state index contributed by atoms with van der Waals surface area (Å²) in [7, 11) is 0. The smallest absolute Gasteiger partial charge is 0.396 e. The summed E-state index contributed by atoms with van der Waals surface area (Å²) < 4.78 is 0. The molecule has 5 rings (SSSR count). The fourth-order valence-electron chi connectivity index (χ4n) is 9.60. The summed E-state index contributed by atoms with van der Waals surface area (Å²) in [5.74, 6) is 8.90. The molecule has 89 heavy (non-hydrogen) atoms. The SMILES string of the molecule is OCCCCCCSC1=C(SCCCCCCO)c2nc1nc1[n-]c(nc3nc(nc4[n-]c(n2)c(SCCCCCCO)c4SCCCCCCO)C(SCCCCCCO)=C3SCCCCCCO)c(SCCCCCCO)c1SCCCCCCO.[Mg+2]. The van der Waals surface area contributed by atoms with E-state index in [0.717, 1.165) is 291 Å². The summed E-state index contributed by atoms with van der Waals surface area (Å²) in [5.41, 5.74) is 2.28. The zero-order valence-corrected chi connectivity index (χ0v) is 61.0. The van der Waals surface area contributed by atoms with Crippen molar-refractivity contribution in [3.8, 4) is 0 Å². The first-order valence-electron chi connectivity index (χ1n) is 33.0. The summed E-state index contributed by atoms with van der Waals surface area (Å²) in [6.07, 6.45) is 29.4. The van der Waals surface area contributed by atoms with Crippen molar-refractivity contribution in [3.63, 3.8) is 0 Å². The minimum atomic E-state index is 0. The van der Waals surface area contributed by atoms with Crippen LogP contribution in [0.4, 0.5) is 0 Å². The number of fused-ring (bicyclic) bond motifs is 8. The molecule has 16 nitrogen and oxygen atoms in total. The van der Waals surface area contributed by atoms with Gasteiger partial charge in [0.2, 0.25) is 0 Å². The Kier molecular flexibility index (Phi) is 48.0. The normalized spacial score (nSPS) is 12.6. The fraction of sp³-hybridized carbons (Fsp3) is 0.750. The molecular weight excluding hydrogens is 1290 g/mol. The molecule has 8 bridgehead atoms. The van der Waals surface area contributed by atoms with Gasteiger partial charge in [-0.1, -0.05) is 103 Å². The van der Waals surface area contributed by atoms with Crippen LogP contribution in [0.5, 0.6) is 0 Å². The maximum atomic E-state index is 9.64. The number of unbranched alkanes of at least 4 members (excludes halogenated alkanes) is 24. The van der Waals surface area contributed by atoms with E-state index in [9.17, 15) is 40.9 Å². The molecule has 0 amide bonds. The van der Waals surface area contributed by atoms with Gasteiger partial charge in [-0.2, -0.15) is 0 Å². The second-order valence-corrected chi connectivity index (χ2v) is 30.8. The molecule has 2 aliphatic heterocycles. The van der Waals surface area contributed by atoms with Crippen LogP contribution in [0.25, 0.3) is 42.2 Å².